The monoisotopic (exact) mass is 303 g/mol. The van der Waals surface area contributed by atoms with E-state index in [1.807, 2.05) is 18.2 Å². The minimum Gasteiger partial charge on any atom is -0.369 e. The molecule has 3 atom stereocenters. The van der Waals surface area contributed by atoms with Crippen molar-refractivity contribution in [2.24, 2.45) is 16.7 Å². The highest BCUT2D eigenvalue weighted by atomic mass is 35.5. The molecule has 1 aromatic heterocycles. The second-order valence-electron chi connectivity index (χ2n) is 7.79. The summed E-state index contributed by atoms with van der Waals surface area (Å²) in [5.41, 5.74) is 8.89. The van der Waals surface area contributed by atoms with E-state index in [2.05, 4.69) is 30.3 Å². The maximum Gasteiger partial charge on any atom is 0.201 e. The number of anilines is 1. The molecule has 1 heterocycles. The molecule has 0 amide bonds. The van der Waals surface area contributed by atoms with E-state index in [0.717, 1.165) is 22.0 Å². The van der Waals surface area contributed by atoms with Gasteiger partial charge in [-0.2, -0.15) is 0 Å². The molecule has 0 spiro atoms. The molecule has 2 saturated carbocycles. The summed E-state index contributed by atoms with van der Waals surface area (Å²) in [6, 6.07) is 6.25. The highest BCUT2D eigenvalue weighted by Crippen LogP contribution is 2.68. The van der Waals surface area contributed by atoms with Crippen molar-refractivity contribution < 1.29 is 0 Å². The summed E-state index contributed by atoms with van der Waals surface area (Å²) < 4.78 is 2.26. The van der Waals surface area contributed by atoms with Crippen molar-refractivity contribution in [1.82, 2.24) is 9.55 Å². The van der Waals surface area contributed by atoms with Gasteiger partial charge >= 0.3 is 0 Å². The van der Waals surface area contributed by atoms with Crippen molar-refractivity contribution in [3.8, 4) is 0 Å². The van der Waals surface area contributed by atoms with Gasteiger partial charge in [0, 0.05) is 11.1 Å². The van der Waals surface area contributed by atoms with E-state index in [1.54, 1.807) is 0 Å². The van der Waals surface area contributed by atoms with Crippen molar-refractivity contribution in [3.63, 3.8) is 0 Å². The summed E-state index contributed by atoms with van der Waals surface area (Å²) in [6.45, 7) is 7.20. The molecule has 0 saturated heterocycles. The Balaban J connectivity index is 1.98. The lowest BCUT2D eigenvalue weighted by Crippen LogP contribution is -2.37. The number of nitrogen functional groups attached to an aromatic ring is 1. The second-order valence-corrected chi connectivity index (χ2v) is 8.23. The highest BCUT2D eigenvalue weighted by Gasteiger charge is 2.60. The van der Waals surface area contributed by atoms with Crippen LogP contribution in [0.3, 0.4) is 0 Å². The first kappa shape index (κ1) is 13.4. The van der Waals surface area contributed by atoms with Gasteiger partial charge in [-0.25, -0.2) is 4.98 Å². The topological polar surface area (TPSA) is 43.8 Å². The largest absolute Gasteiger partial charge is 0.369 e. The van der Waals surface area contributed by atoms with Crippen molar-refractivity contribution >= 4 is 28.6 Å². The minimum absolute atomic E-state index is 0.247. The standard InChI is InChI=1S/C17H22ClN3/c1-16(2)10-6-7-17(3,9-10)14(16)21-13-8-11(18)4-5-12(13)20-15(21)19/h4-5,8,10,14H,6-7,9H2,1-3H3,(H2,19,20). The number of fused-ring (bicyclic) bond motifs is 3. The SMILES string of the molecule is CC12CCC(C1)C(C)(C)C2n1c(N)nc2ccc(Cl)cc21. The third kappa shape index (κ3) is 1.64. The zero-order valence-corrected chi connectivity index (χ0v) is 13.6. The number of benzene rings is 1. The van der Waals surface area contributed by atoms with E-state index in [4.69, 9.17) is 17.3 Å². The quantitative estimate of drug-likeness (QED) is 0.832. The van der Waals surface area contributed by atoms with Crippen LogP contribution in [0.1, 0.15) is 46.1 Å². The zero-order valence-electron chi connectivity index (χ0n) is 12.9. The van der Waals surface area contributed by atoms with E-state index in [9.17, 15) is 0 Å². The number of halogens is 1. The van der Waals surface area contributed by atoms with Crippen LogP contribution in [-0.2, 0) is 0 Å². The zero-order chi connectivity index (χ0) is 15.0. The van der Waals surface area contributed by atoms with Gasteiger partial charge in [0.15, 0.2) is 0 Å². The molecule has 2 fully saturated rings. The molecular formula is C17H22ClN3. The molecule has 2 aromatic rings. The van der Waals surface area contributed by atoms with Gasteiger partial charge < -0.3 is 10.3 Å². The first-order chi connectivity index (χ1) is 9.83. The molecule has 2 N–H and O–H groups in total. The van der Waals surface area contributed by atoms with Crippen molar-refractivity contribution in [2.45, 2.75) is 46.1 Å². The van der Waals surface area contributed by atoms with Crippen molar-refractivity contribution in [1.29, 1.82) is 0 Å². The van der Waals surface area contributed by atoms with Gasteiger partial charge in [-0.3, -0.25) is 0 Å². The van der Waals surface area contributed by atoms with Crippen LogP contribution in [0.4, 0.5) is 5.95 Å². The number of aromatic nitrogens is 2. The van der Waals surface area contributed by atoms with Gasteiger partial charge in [-0.1, -0.05) is 32.4 Å². The summed E-state index contributed by atoms with van der Waals surface area (Å²) in [5, 5.41) is 0.745. The fourth-order valence-corrected chi connectivity index (χ4v) is 5.44. The van der Waals surface area contributed by atoms with E-state index >= 15 is 0 Å². The first-order valence-corrected chi connectivity index (χ1v) is 8.14. The van der Waals surface area contributed by atoms with Crippen LogP contribution in [0, 0.1) is 16.7 Å². The number of rotatable bonds is 1. The van der Waals surface area contributed by atoms with Crippen LogP contribution < -0.4 is 5.73 Å². The van der Waals surface area contributed by atoms with Crippen LogP contribution in [0.15, 0.2) is 18.2 Å². The summed E-state index contributed by atoms with van der Waals surface area (Å²) >= 11 is 6.21. The van der Waals surface area contributed by atoms with Crippen LogP contribution in [0.5, 0.6) is 0 Å². The molecule has 1 aromatic carbocycles. The van der Waals surface area contributed by atoms with Crippen LogP contribution in [0.2, 0.25) is 5.02 Å². The highest BCUT2D eigenvalue weighted by molar-refractivity contribution is 6.31. The average molecular weight is 304 g/mol. The number of hydrogen-bond donors (Lipinski definition) is 1. The molecule has 0 aliphatic heterocycles. The summed E-state index contributed by atoms with van der Waals surface area (Å²) in [6.07, 6.45) is 3.92. The summed E-state index contributed by atoms with van der Waals surface area (Å²) in [5.74, 6) is 1.41. The lowest BCUT2D eigenvalue weighted by Gasteiger charge is -2.44. The average Bonchev–Trinajstić information content (AvgIpc) is 2.98. The van der Waals surface area contributed by atoms with Crippen molar-refractivity contribution in [2.75, 3.05) is 5.73 Å². The normalized spacial score (nSPS) is 33.9. The fourth-order valence-electron chi connectivity index (χ4n) is 5.28. The molecule has 0 radical (unpaired) electrons. The molecule has 4 rings (SSSR count). The Labute approximate surface area is 130 Å². The van der Waals surface area contributed by atoms with Gasteiger partial charge in [0.25, 0.3) is 0 Å². The molecule has 4 heteroatoms. The van der Waals surface area contributed by atoms with Gasteiger partial charge in [0.05, 0.1) is 11.0 Å². The molecule has 2 bridgehead atoms. The molecule has 2 aliphatic rings. The lowest BCUT2D eigenvalue weighted by atomic mass is 9.68. The Morgan fingerprint density at radius 1 is 1.33 bits per heavy atom. The van der Waals surface area contributed by atoms with E-state index in [0.29, 0.717) is 17.4 Å². The van der Waals surface area contributed by atoms with E-state index < -0.39 is 0 Å². The molecule has 21 heavy (non-hydrogen) atoms. The minimum atomic E-state index is 0.247. The fraction of sp³-hybridized carbons (Fsp3) is 0.588. The molecule has 3 nitrogen and oxygen atoms in total. The Kier molecular flexibility index (Phi) is 2.53. The Bertz CT molecular complexity index is 728. The predicted molar refractivity (Wildman–Crippen MR) is 87.4 cm³/mol. The summed E-state index contributed by atoms with van der Waals surface area (Å²) in [7, 11) is 0. The van der Waals surface area contributed by atoms with Gasteiger partial charge in [0.1, 0.15) is 0 Å². The molecule has 3 unspecified atom stereocenters. The second kappa shape index (κ2) is 3.95. The van der Waals surface area contributed by atoms with Gasteiger partial charge in [-0.15, -0.1) is 0 Å². The van der Waals surface area contributed by atoms with E-state index in [1.165, 1.54) is 19.3 Å². The number of imidazole rings is 1. The number of nitrogens with zero attached hydrogens (tertiary/aromatic N) is 2. The molecule has 2 aliphatic carbocycles. The number of nitrogens with two attached hydrogens (primary N) is 1. The Morgan fingerprint density at radius 3 is 2.76 bits per heavy atom. The third-order valence-electron chi connectivity index (χ3n) is 6.13. The lowest BCUT2D eigenvalue weighted by molar-refractivity contribution is 0.0882. The molecular weight excluding hydrogens is 282 g/mol. The maximum atomic E-state index is 6.30. The van der Waals surface area contributed by atoms with Gasteiger partial charge in [0.2, 0.25) is 5.95 Å². The smallest absolute Gasteiger partial charge is 0.201 e. The van der Waals surface area contributed by atoms with E-state index in [-0.39, 0.29) is 5.41 Å². The van der Waals surface area contributed by atoms with Crippen LogP contribution in [-0.4, -0.2) is 9.55 Å². The predicted octanol–water partition coefficient (Wildman–Crippen LogP) is 4.66. The third-order valence-corrected chi connectivity index (χ3v) is 6.37. The van der Waals surface area contributed by atoms with Crippen LogP contribution in [0.25, 0.3) is 11.0 Å². The summed E-state index contributed by atoms with van der Waals surface area (Å²) in [4.78, 5) is 4.56. The Hall–Kier alpha value is -1.22. The van der Waals surface area contributed by atoms with Gasteiger partial charge in [-0.05, 0) is 54.2 Å². The Morgan fingerprint density at radius 2 is 2.10 bits per heavy atom. The van der Waals surface area contributed by atoms with Crippen molar-refractivity contribution in [3.05, 3.63) is 23.2 Å². The number of hydrogen-bond acceptors (Lipinski definition) is 2. The molecule has 112 valence electrons. The maximum absolute atomic E-state index is 6.30. The first-order valence-electron chi connectivity index (χ1n) is 7.76. The van der Waals surface area contributed by atoms with Crippen LogP contribution >= 0.6 is 11.6 Å².